The molecule has 1 unspecified atom stereocenters. The van der Waals surface area contributed by atoms with Gasteiger partial charge in [-0.3, -0.25) is 4.90 Å². The molecule has 2 rings (SSSR count). The monoisotopic (exact) mass is 283 g/mol. The lowest BCUT2D eigenvalue weighted by Gasteiger charge is -2.46. The molecule has 4 heteroatoms. The van der Waals surface area contributed by atoms with E-state index in [1.165, 1.54) is 25.9 Å². The maximum absolute atomic E-state index is 6.30. The van der Waals surface area contributed by atoms with E-state index in [4.69, 9.17) is 10.5 Å². The Morgan fingerprint density at radius 2 is 1.75 bits per heavy atom. The Kier molecular flexibility index (Phi) is 4.51. The van der Waals surface area contributed by atoms with Crippen LogP contribution in [0.2, 0.25) is 0 Å². The van der Waals surface area contributed by atoms with Gasteiger partial charge in [-0.15, -0.1) is 0 Å². The normalized spacial score (nSPS) is 33.1. The van der Waals surface area contributed by atoms with Gasteiger partial charge in [0.1, 0.15) is 0 Å². The van der Waals surface area contributed by atoms with Crippen molar-refractivity contribution in [1.29, 1.82) is 0 Å². The van der Waals surface area contributed by atoms with Crippen LogP contribution in [-0.2, 0) is 4.74 Å². The summed E-state index contributed by atoms with van der Waals surface area (Å²) in [6.45, 7) is 14.1. The smallest absolute Gasteiger partial charge is 0.0829 e. The Bertz CT molecular complexity index is 337. The fraction of sp³-hybridized carbons (Fsp3) is 1.00. The first-order valence-electron chi connectivity index (χ1n) is 8.06. The van der Waals surface area contributed by atoms with Crippen LogP contribution in [0.25, 0.3) is 0 Å². The summed E-state index contributed by atoms with van der Waals surface area (Å²) >= 11 is 0. The van der Waals surface area contributed by atoms with Crippen molar-refractivity contribution >= 4 is 0 Å². The third-order valence-corrected chi connectivity index (χ3v) is 5.39. The third-order valence-electron chi connectivity index (χ3n) is 5.39. The summed E-state index contributed by atoms with van der Waals surface area (Å²) in [5, 5.41) is 0. The van der Waals surface area contributed by atoms with Crippen molar-refractivity contribution in [3.63, 3.8) is 0 Å². The SMILES string of the molecule is CN(CCN1CCCC1)C1(CN)CC(C)(C)OC1(C)C. The van der Waals surface area contributed by atoms with Crippen LogP contribution in [0, 0.1) is 0 Å². The summed E-state index contributed by atoms with van der Waals surface area (Å²) in [6, 6.07) is 0. The van der Waals surface area contributed by atoms with E-state index < -0.39 is 0 Å². The summed E-state index contributed by atoms with van der Waals surface area (Å²) in [5.41, 5.74) is 5.86. The predicted octanol–water partition coefficient (Wildman–Crippen LogP) is 1.69. The molecule has 0 spiro atoms. The molecule has 0 aromatic heterocycles. The van der Waals surface area contributed by atoms with Gasteiger partial charge in [-0.2, -0.15) is 0 Å². The number of hydrogen-bond acceptors (Lipinski definition) is 4. The van der Waals surface area contributed by atoms with Crippen LogP contribution < -0.4 is 5.73 Å². The number of nitrogens with zero attached hydrogens (tertiary/aromatic N) is 2. The molecule has 2 aliphatic rings. The lowest BCUT2D eigenvalue weighted by Crippen LogP contribution is -2.63. The molecular weight excluding hydrogens is 250 g/mol. The van der Waals surface area contributed by atoms with E-state index in [9.17, 15) is 0 Å². The molecule has 2 saturated heterocycles. The van der Waals surface area contributed by atoms with E-state index in [0.717, 1.165) is 19.5 Å². The average Bonchev–Trinajstić information content (AvgIpc) is 2.89. The van der Waals surface area contributed by atoms with Gasteiger partial charge in [0.2, 0.25) is 0 Å². The average molecular weight is 283 g/mol. The maximum Gasteiger partial charge on any atom is 0.0829 e. The third kappa shape index (κ3) is 2.89. The van der Waals surface area contributed by atoms with Crippen molar-refractivity contribution in [3.8, 4) is 0 Å². The molecule has 0 bridgehead atoms. The summed E-state index contributed by atoms with van der Waals surface area (Å²) in [5.74, 6) is 0. The highest BCUT2D eigenvalue weighted by atomic mass is 16.5. The van der Waals surface area contributed by atoms with Gasteiger partial charge in [-0.05, 0) is 67.1 Å². The van der Waals surface area contributed by atoms with Crippen molar-refractivity contribution in [2.45, 2.75) is 63.7 Å². The molecule has 0 aromatic carbocycles. The molecule has 0 saturated carbocycles. The first kappa shape index (κ1) is 16.2. The molecule has 2 aliphatic heterocycles. The van der Waals surface area contributed by atoms with E-state index >= 15 is 0 Å². The van der Waals surface area contributed by atoms with Gasteiger partial charge in [0, 0.05) is 19.6 Å². The molecule has 4 nitrogen and oxygen atoms in total. The first-order chi connectivity index (χ1) is 9.22. The molecule has 2 heterocycles. The molecule has 2 fully saturated rings. The van der Waals surface area contributed by atoms with Crippen LogP contribution in [0.3, 0.4) is 0 Å². The van der Waals surface area contributed by atoms with Gasteiger partial charge in [0.15, 0.2) is 0 Å². The highest BCUT2D eigenvalue weighted by Crippen LogP contribution is 2.47. The van der Waals surface area contributed by atoms with Crippen molar-refractivity contribution in [1.82, 2.24) is 9.80 Å². The molecule has 0 aliphatic carbocycles. The zero-order chi connectivity index (χ0) is 15.0. The zero-order valence-electron chi connectivity index (χ0n) is 14.0. The van der Waals surface area contributed by atoms with Gasteiger partial charge in [-0.1, -0.05) is 0 Å². The second-order valence-corrected chi connectivity index (χ2v) is 7.75. The minimum atomic E-state index is -0.203. The van der Waals surface area contributed by atoms with Gasteiger partial charge in [-0.25, -0.2) is 0 Å². The summed E-state index contributed by atoms with van der Waals surface area (Å²) in [4.78, 5) is 5.02. The number of ether oxygens (including phenoxy) is 1. The van der Waals surface area contributed by atoms with Crippen LogP contribution in [0.5, 0.6) is 0 Å². The van der Waals surface area contributed by atoms with E-state index in [0.29, 0.717) is 6.54 Å². The highest BCUT2D eigenvalue weighted by molar-refractivity contribution is 5.12. The molecule has 118 valence electrons. The number of likely N-dealkylation sites (tertiary alicyclic amines) is 1. The largest absolute Gasteiger partial charge is 0.368 e. The second-order valence-electron chi connectivity index (χ2n) is 7.75. The zero-order valence-corrected chi connectivity index (χ0v) is 14.0. The number of hydrogen-bond donors (Lipinski definition) is 1. The molecule has 1 atom stereocenters. The molecule has 0 aromatic rings. The van der Waals surface area contributed by atoms with E-state index in [2.05, 4.69) is 44.5 Å². The minimum Gasteiger partial charge on any atom is -0.368 e. The summed E-state index contributed by atoms with van der Waals surface area (Å²) < 4.78 is 6.30. The van der Waals surface area contributed by atoms with Crippen molar-refractivity contribution < 1.29 is 4.74 Å². The Morgan fingerprint density at radius 1 is 1.15 bits per heavy atom. The fourth-order valence-electron chi connectivity index (χ4n) is 4.32. The Hall–Kier alpha value is -0.160. The second kappa shape index (κ2) is 5.56. The fourth-order valence-corrected chi connectivity index (χ4v) is 4.32. The van der Waals surface area contributed by atoms with Crippen LogP contribution in [0.1, 0.15) is 47.0 Å². The minimum absolute atomic E-state index is 0.0593. The standard InChI is InChI=1S/C16H33N3O/c1-14(2)12-16(13-17,15(3,4)20-14)18(5)10-11-19-8-6-7-9-19/h6-13,17H2,1-5H3. The lowest BCUT2D eigenvalue weighted by atomic mass is 9.77. The Balaban J connectivity index is 2.05. The summed E-state index contributed by atoms with van der Waals surface area (Å²) in [6.07, 6.45) is 3.71. The van der Waals surface area contributed by atoms with Crippen LogP contribution in [-0.4, -0.2) is 66.3 Å². The number of rotatable bonds is 5. The number of nitrogens with two attached hydrogens (primary N) is 1. The van der Waals surface area contributed by atoms with Gasteiger partial charge >= 0.3 is 0 Å². The predicted molar refractivity (Wildman–Crippen MR) is 83.9 cm³/mol. The highest BCUT2D eigenvalue weighted by Gasteiger charge is 2.58. The maximum atomic E-state index is 6.30. The van der Waals surface area contributed by atoms with Crippen LogP contribution in [0.15, 0.2) is 0 Å². The van der Waals surface area contributed by atoms with E-state index in [-0.39, 0.29) is 16.7 Å². The van der Waals surface area contributed by atoms with Gasteiger partial charge in [0.05, 0.1) is 16.7 Å². The van der Waals surface area contributed by atoms with Crippen molar-refractivity contribution in [2.75, 3.05) is 39.8 Å². The quantitative estimate of drug-likeness (QED) is 0.834. The molecule has 2 N–H and O–H groups in total. The first-order valence-corrected chi connectivity index (χ1v) is 8.06. The van der Waals surface area contributed by atoms with Gasteiger partial charge < -0.3 is 15.4 Å². The summed E-state index contributed by atoms with van der Waals surface area (Å²) in [7, 11) is 2.22. The number of likely N-dealkylation sites (N-methyl/N-ethyl adjacent to an activating group) is 1. The molecule has 0 radical (unpaired) electrons. The van der Waals surface area contributed by atoms with Crippen molar-refractivity contribution in [2.24, 2.45) is 5.73 Å². The van der Waals surface area contributed by atoms with E-state index in [1.54, 1.807) is 0 Å². The molecular formula is C16H33N3O. The van der Waals surface area contributed by atoms with Gasteiger partial charge in [0.25, 0.3) is 0 Å². The molecule has 20 heavy (non-hydrogen) atoms. The topological polar surface area (TPSA) is 41.7 Å². The van der Waals surface area contributed by atoms with Crippen molar-refractivity contribution in [3.05, 3.63) is 0 Å². The lowest BCUT2D eigenvalue weighted by molar-refractivity contribution is -0.100. The Labute approximate surface area is 124 Å². The van der Waals surface area contributed by atoms with Crippen LogP contribution >= 0.6 is 0 Å². The van der Waals surface area contributed by atoms with Crippen LogP contribution in [0.4, 0.5) is 0 Å². The van der Waals surface area contributed by atoms with E-state index in [1.807, 2.05) is 0 Å². The Morgan fingerprint density at radius 3 is 2.20 bits per heavy atom. The molecule has 0 amide bonds.